The molecule has 2 nitrogen and oxygen atoms in total. The zero-order chi connectivity index (χ0) is 10.4. The summed E-state index contributed by atoms with van der Waals surface area (Å²) in [7, 11) is 0. The number of carbonyl (C=O) groups excluding carboxylic acids is 1. The summed E-state index contributed by atoms with van der Waals surface area (Å²) in [5.41, 5.74) is 1.26. The third kappa shape index (κ3) is 3.21. The summed E-state index contributed by atoms with van der Waals surface area (Å²) >= 11 is 0. The van der Waals surface area contributed by atoms with Crippen LogP contribution >= 0.6 is 0 Å². The van der Waals surface area contributed by atoms with Crippen LogP contribution in [-0.4, -0.2) is 12.5 Å². The molecule has 0 bridgehead atoms. The van der Waals surface area contributed by atoms with Crippen molar-refractivity contribution in [2.24, 2.45) is 5.92 Å². The molecule has 0 radical (unpaired) electrons. The van der Waals surface area contributed by atoms with Gasteiger partial charge in [-0.2, -0.15) is 0 Å². The van der Waals surface area contributed by atoms with Gasteiger partial charge in [0.25, 0.3) is 0 Å². The molecule has 0 fully saturated rings. The van der Waals surface area contributed by atoms with Gasteiger partial charge in [-0.3, -0.25) is 4.79 Å². The fourth-order valence-electron chi connectivity index (χ4n) is 1.44. The van der Waals surface area contributed by atoms with Crippen molar-refractivity contribution in [1.29, 1.82) is 0 Å². The molecule has 1 atom stereocenters. The Balaban J connectivity index is 2.60. The Morgan fingerprint density at radius 3 is 2.43 bits per heavy atom. The molecular weight excluding hydrogens is 174 g/mol. The minimum Gasteiger partial charge on any atom is -0.355 e. The molecular formula is C12H17NO. The average Bonchev–Trinajstić information content (AvgIpc) is 2.18. The number of rotatable bonds is 5. The number of amides is 1. The van der Waals surface area contributed by atoms with Crippen LogP contribution in [0.4, 0.5) is 0 Å². The van der Waals surface area contributed by atoms with Gasteiger partial charge in [-0.1, -0.05) is 44.2 Å². The molecule has 0 aromatic heterocycles. The van der Waals surface area contributed by atoms with Crippen molar-refractivity contribution >= 4 is 6.41 Å². The SMILES string of the molecule is CC(C)[C@H](Cc1ccccc1)NC=O. The highest BCUT2D eigenvalue weighted by atomic mass is 16.1. The van der Waals surface area contributed by atoms with E-state index in [-0.39, 0.29) is 6.04 Å². The number of hydrogen-bond acceptors (Lipinski definition) is 1. The summed E-state index contributed by atoms with van der Waals surface area (Å²) < 4.78 is 0. The third-order valence-corrected chi connectivity index (χ3v) is 2.39. The van der Waals surface area contributed by atoms with E-state index in [9.17, 15) is 4.79 Å². The van der Waals surface area contributed by atoms with Crippen LogP contribution in [0.25, 0.3) is 0 Å². The van der Waals surface area contributed by atoms with Gasteiger partial charge in [-0.15, -0.1) is 0 Å². The predicted octanol–water partition coefficient (Wildman–Crippen LogP) is 2.00. The van der Waals surface area contributed by atoms with Crippen LogP contribution in [0.1, 0.15) is 19.4 Å². The van der Waals surface area contributed by atoms with E-state index in [0.717, 1.165) is 12.8 Å². The minimum absolute atomic E-state index is 0.231. The fourth-order valence-corrected chi connectivity index (χ4v) is 1.44. The van der Waals surface area contributed by atoms with E-state index in [1.165, 1.54) is 5.56 Å². The van der Waals surface area contributed by atoms with E-state index in [2.05, 4.69) is 31.3 Å². The smallest absolute Gasteiger partial charge is 0.207 e. The minimum atomic E-state index is 0.231. The summed E-state index contributed by atoms with van der Waals surface area (Å²) in [4.78, 5) is 10.4. The van der Waals surface area contributed by atoms with Crippen LogP contribution in [0.2, 0.25) is 0 Å². The van der Waals surface area contributed by atoms with Gasteiger partial charge in [0, 0.05) is 6.04 Å². The van der Waals surface area contributed by atoms with Crippen molar-refractivity contribution in [3.05, 3.63) is 35.9 Å². The van der Waals surface area contributed by atoms with Crippen molar-refractivity contribution in [2.75, 3.05) is 0 Å². The molecule has 0 saturated carbocycles. The summed E-state index contributed by atoms with van der Waals surface area (Å²) in [5.74, 6) is 0.459. The van der Waals surface area contributed by atoms with Crippen molar-refractivity contribution in [3.63, 3.8) is 0 Å². The van der Waals surface area contributed by atoms with E-state index >= 15 is 0 Å². The standard InChI is InChI=1S/C12H17NO/c1-10(2)12(13-9-14)8-11-6-4-3-5-7-11/h3-7,9-10,12H,8H2,1-2H3,(H,13,14)/t12-/m0/s1. The van der Waals surface area contributed by atoms with Crippen LogP contribution in [0.5, 0.6) is 0 Å². The normalized spacial score (nSPS) is 12.5. The molecule has 0 spiro atoms. The molecule has 0 aliphatic heterocycles. The number of nitrogens with one attached hydrogen (secondary N) is 1. The molecule has 0 unspecified atom stereocenters. The van der Waals surface area contributed by atoms with Gasteiger partial charge >= 0.3 is 0 Å². The quantitative estimate of drug-likeness (QED) is 0.709. The lowest BCUT2D eigenvalue weighted by molar-refractivity contribution is -0.110. The molecule has 14 heavy (non-hydrogen) atoms. The fraction of sp³-hybridized carbons (Fsp3) is 0.417. The van der Waals surface area contributed by atoms with Crippen LogP contribution < -0.4 is 5.32 Å². The first kappa shape index (κ1) is 10.8. The average molecular weight is 191 g/mol. The maximum atomic E-state index is 10.4. The van der Waals surface area contributed by atoms with Gasteiger partial charge in [-0.25, -0.2) is 0 Å². The molecule has 0 saturated heterocycles. The van der Waals surface area contributed by atoms with E-state index < -0.39 is 0 Å². The Hall–Kier alpha value is -1.31. The lowest BCUT2D eigenvalue weighted by Crippen LogP contribution is -2.34. The third-order valence-electron chi connectivity index (χ3n) is 2.39. The summed E-state index contributed by atoms with van der Waals surface area (Å²) in [5, 5.41) is 2.85. The van der Waals surface area contributed by atoms with E-state index in [1.54, 1.807) is 0 Å². The highest BCUT2D eigenvalue weighted by Gasteiger charge is 2.12. The molecule has 0 heterocycles. The monoisotopic (exact) mass is 191 g/mol. The zero-order valence-electron chi connectivity index (χ0n) is 8.73. The zero-order valence-corrected chi connectivity index (χ0v) is 8.73. The van der Waals surface area contributed by atoms with E-state index in [1.807, 2.05) is 18.2 Å². The molecule has 1 aromatic rings. The molecule has 1 rings (SSSR count). The molecule has 0 aliphatic rings. The van der Waals surface area contributed by atoms with Crippen LogP contribution in [-0.2, 0) is 11.2 Å². The predicted molar refractivity (Wildman–Crippen MR) is 58.0 cm³/mol. The maximum absolute atomic E-state index is 10.4. The molecule has 0 aliphatic carbocycles. The van der Waals surface area contributed by atoms with Gasteiger partial charge < -0.3 is 5.32 Å². The first-order valence-electron chi connectivity index (χ1n) is 4.97. The van der Waals surface area contributed by atoms with Crippen molar-refractivity contribution in [1.82, 2.24) is 5.32 Å². The number of hydrogen-bond donors (Lipinski definition) is 1. The first-order chi connectivity index (χ1) is 6.74. The molecule has 1 amide bonds. The van der Waals surface area contributed by atoms with Gasteiger partial charge in [0.05, 0.1) is 0 Å². The Kier molecular flexibility index (Phi) is 4.17. The second-order valence-electron chi connectivity index (χ2n) is 3.82. The van der Waals surface area contributed by atoms with Gasteiger partial charge in [0.1, 0.15) is 0 Å². The lowest BCUT2D eigenvalue weighted by Gasteiger charge is -2.19. The van der Waals surface area contributed by atoms with Crippen LogP contribution in [0.3, 0.4) is 0 Å². The molecule has 1 N–H and O–H groups in total. The molecule has 1 aromatic carbocycles. The Morgan fingerprint density at radius 1 is 1.29 bits per heavy atom. The lowest BCUT2D eigenvalue weighted by atomic mass is 9.97. The highest BCUT2D eigenvalue weighted by Crippen LogP contribution is 2.09. The largest absolute Gasteiger partial charge is 0.355 e. The summed E-state index contributed by atoms with van der Waals surface area (Å²) in [6.45, 7) is 4.23. The highest BCUT2D eigenvalue weighted by molar-refractivity contribution is 5.46. The Labute approximate surface area is 85.3 Å². The molecule has 2 heteroatoms. The van der Waals surface area contributed by atoms with Crippen LogP contribution in [0, 0.1) is 5.92 Å². The van der Waals surface area contributed by atoms with Crippen molar-refractivity contribution in [3.8, 4) is 0 Å². The first-order valence-corrected chi connectivity index (χ1v) is 4.97. The van der Waals surface area contributed by atoms with E-state index in [0.29, 0.717) is 5.92 Å². The van der Waals surface area contributed by atoms with Crippen molar-refractivity contribution < 1.29 is 4.79 Å². The van der Waals surface area contributed by atoms with Crippen molar-refractivity contribution in [2.45, 2.75) is 26.3 Å². The van der Waals surface area contributed by atoms with Gasteiger partial charge in [0.2, 0.25) is 6.41 Å². The van der Waals surface area contributed by atoms with Gasteiger partial charge in [-0.05, 0) is 17.9 Å². The maximum Gasteiger partial charge on any atom is 0.207 e. The number of benzene rings is 1. The summed E-state index contributed by atoms with van der Waals surface area (Å²) in [6, 6.07) is 10.4. The Morgan fingerprint density at radius 2 is 1.93 bits per heavy atom. The second kappa shape index (κ2) is 5.43. The van der Waals surface area contributed by atoms with Crippen LogP contribution in [0.15, 0.2) is 30.3 Å². The summed E-state index contributed by atoms with van der Waals surface area (Å²) in [6.07, 6.45) is 1.69. The second-order valence-corrected chi connectivity index (χ2v) is 3.82. The topological polar surface area (TPSA) is 29.1 Å². The molecule has 76 valence electrons. The Bertz CT molecular complexity index is 269. The number of carbonyl (C=O) groups is 1. The van der Waals surface area contributed by atoms with E-state index in [4.69, 9.17) is 0 Å². The van der Waals surface area contributed by atoms with Gasteiger partial charge in [0.15, 0.2) is 0 Å².